The molecule has 1 aromatic rings. The summed E-state index contributed by atoms with van der Waals surface area (Å²) >= 11 is 5.66. The van der Waals surface area contributed by atoms with Gasteiger partial charge in [0.05, 0.1) is 7.11 Å². The van der Waals surface area contributed by atoms with Gasteiger partial charge in [-0.15, -0.1) is 11.6 Å². The highest BCUT2D eigenvalue weighted by Crippen LogP contribution is 2.22. The van der Waals surface area contributed by atoms with Gasteiger partial charge in [-0.1, -0.05) is 19.1 Å². The molecule has 0 unspecified atom stereocenters. The number of methoxy groups -OCH3 is 1. The van der Waals surface area contributed by atoms with Crippen LogP contribution in [0, 0.1) is 0 Å². The molecular weight excluding hydrogens is 224 g/mol. The highest BCUT2D eigenvalue weighted by molar-refractivity contribution is 6.17. The number of hydrogen-bond donors (Lipinski definition) is 0. The normalized spacial score (nSPS) is 10.2. The summed E-state index contributed by atoms with van der Waals surface area (Å²) in [6.45, 7) is 1.86. The molecule has 0 atom stereocenters. The molecule has 0 amide bonds. The molecule has 88 valence electrons. The van der Waals surface area contributed by atoms with Crippen LogP contribution in [0.5, 0.6) is 5.75 Å². The number of halogens is 1. The molecule has 0 aliphatic rings. The molecule has 16 heavy (non-hydrogen) atoms. The molecule has 0 saturated heterocycles. The molecule has 0 N–H and O–H groups in total. The van der Waals surface area contributed by atoms with E-state index in [1.165, 1.54) is 0 Å². The van der Waals surface area contributed by atoms with Gasteiger partial charge < -0.3 is 4.74 Å². The van der Waals surface area contributed by atoms with Gasteiger partial charge in [0.1, 0.15) is 5.75 Å². The molecule has 0 bridgehead atoms. The largest absolute Gasteiger partial charge is 0.496 e. The van der Waals surface area contributed by atoms with Crippen LogP contribution in [-0.2, 0) is 6.42 Å². The Labute approximate surface area is 102 Å². The van der Waals surface area contributed by atoms with E-state index in [-0.39, 0.29) is 5.78 Å². The Hall–Kier alpha value is -1.02. The molecule has 0 aliphatic carbocycles. The van der Waals surface area contributed by atoms with Crippen molar-refractivity contribution in [1.82, 2.24) is 0 Å². The summed E-state index contributed by atoms with van der Waals surface area (Å²) in [6.07, 6.45) is 2.32. The summed E-state index contributed by atoms with van der Waals surface area (Å²) in [5, 5.41) is 0. The van der Waals surface area contributed by atoms with Gasteiger partial charge in [-0.05, 0) is 24.5 Å². The predicted molar refractivity (Wildman–Crippen MR) is 66.7 cm³/mol. The van der Waals surface area contributed by atoms with Crippen molar-refractivity contribution in [2.45, 2.75) is 26.2 Å². The summed E-state index contributed by atoms with van der Waals surface area (Å²) < 4.78 is 5.28. The average molecular weight is 241 g/mol. The first-order chi connectivity index (χ1) is 7.72. The van der Waals surface area contributed by atoms with Gasteiger partial charge in [-0.2, -0.15) is 0 Å². The Morgan fingerprint density at radius 3 is 2.75 bits per heavy atom. The Morgan fingerprint density at radius 1 is 1.44 bits per heavy atom. The molecule has 2 nitrogen and oxygen atoms in total. The maximum absolute atomic E-state index is 11.5. The highest BCUT2D eigenvalue weighted by atomic mass is 35.5. The number of ketones is 1. The number of alkyl halides is 1. The number of hydrogen-bond acceptors (Lipinski definition) is 2. The van der Waals surface area contributed by atoms with Crippen LogP contribution in [0.4, 0.5) is 0 Å². The number of rotatable bonds is 6. The van der Waals surface area contributed by atoms with Crippen LogP contribution in [0.1, 0.15) is 35.7 Å². The number of aryl methyl sites for hydroxylation is 1. The van der Waals surface area contributed by atoms with E-state index >= 15 is 0 Å². The van der Waals surface area contributed by atoms with Crippen LogP contribution >= 0.6 is 11.6 Å². The third-order valence-corrected chi connectivity index (χ3v) is 2.78. The zero-order chi connectivity index (χ0) is 12.0. The zero-order valence-electron chi connectivity index (χ0n) is 9.75. The fourth-order valence-electron chi connectivity index (χ4n) is 1.59. The predicted octanol–water partition coefficient (Wildman–Crippen LogP) is 3.46. The van der Waals surface area contributed by atoms with Crippen molar-refractivity contribution in [3.63, 3.8) is 0 Å². The van der Waals surface area contributed by atoms with Crippen molar-refractivity contribution in [2.24, 2.45) is 0 Å². The third-order valence-electron chi connectivity index (χ3n) is 2.51. The molecule has 0 aromatic heterocycles. The van der Waals surface area contributed by atoms with E-state index in [2.05, 4.69) is 0 Å². The van der Waals surface area contributed by atoms with Gasteiger partial charge in [0.15, 0.2) is 5.78 Å². The molecule has 1 rings (SSSR count). The van der Waals surface area contributed by atoms with Crippen molar-refractivity contribution in [3.8, 4) is 5.75 Å². The topological polar surface area (TPSA) is 26.3 Å². The zero-order valence-corrected chi connectivity index (χ0v) is 10.5. The molecular formula is C13H17ClO2. The maximum Gasteiger partial charge on any atom is 0.162 e. The van der Waals surface area contributed by atoms with Gasteiger partial charge in [-0.25, -0.2) is 0 Å². The molecule has 0 heterocycles. The number of ether oxygens (including phenoxy) is 1. The molecule has 1 aromatic carbocycles. The van der Waals surface area contributed by atoms with E-state index in [1.807, 2.05) is 25.1 Å². The lowest BCUT2D eigenvalue weighted by molar-refractivity contribution is 0.0988. The maximum atomic E-state index is 11.5. The summed E-state index contributed by atoms with van der Waals surface area (Å²) in [5.41, 5.74) is 1.82. The molecule has 3 heteroatoms. The first kappa shape index (κ1) is 13.0. The second kappa shape index (κ2) is 6.54. The summed E-state index contributed by atoms with van der Waals surface area (Å²) in [5.74, 6) is 1.56. The fourth-order valence-corrected chi connectivity index (χ4v) is 1.72. The smallest absolute Gasteiger partial charge is 0.162 e. The molecule has 0 aliphatic heterocycles. The van der Waals surface area contributed by atoms with Gasteiger partial charge >= 0.3 is 0 Å². The van der Waals surface area contributed by atoms with Crippen molar-refractivity contribution >= 4 is 17.4 Å². The second-order valence-electron chi connectivity index (χ2n) is 3.60. The lowest BCUT2D eigenvalue weighted by atomic mass is 10.0. The number of benzene rings is 1. The summed E-state index contributed by atoms with van der Waals surface area (Å²) in [7, 11) is 1.62. The van der Waals surface area contributed by atoms with Crippen molar-refractivity contribution < 1.29 is 9.53 Å². The Bertz CT molecular complexity index is 361. The standard InChI is InChI=1S/C13H17ClO2/c1-3-12(15)11-7-6-10(5-4-8-14)13(9-11)16-2/h6-7,9H,3-5,8H2,1-2H3. The van der Waals surface area contributed by atoms with Gasteiger partial charge in [0, 0.05) is 17.9 Å². The third kappa shape index (κ3) is 3.24. The number of carbonyl (C=O) groups excluding carboxylic acids is 1. The lowest BCUT2D eigenvalue weighted by Crippen LogP contribution is -2.00. The van der Waals surface area contributed by atoms with Gasteiger partial charge in [0.2, 0.25) is 0 Å². The first-order valence-corrected chi connectivity index (χ1v) is 6.02. The van der Waals surface area contributed by atoms with Crippen LogP contribution in [0.2, 0.25) is 0 Å². The molecule has 0 saturated carbocycles. The van der Waals surface area contributed by atoms with Crippen LogP contribution < -0.4 is 4.74 Å². The summed E-state index contributed by atoms with van der Waals surface area (Å²) in [4.78, 5) is 11.5. The van der Waals surface area contributed by atoms with E-state index in [1.54, 1.807) is 7.11 Å². The average Bonchev–Trinajstić information content (AvgIpc) is 2.35. The van der Waals surface area contributed by atoms with Crippen LogP contribution in [0.3, 0.4) is 0 Å². The van der Waals surface area contributed by atoms with Crippen molar-refractivity contribution in [1.29, 1.82) is 0 Å². The van der Waals surface area contributed by atoms with Crippen molar-refractivity contribution in [2.75, 3.05) is 13.0 Å². The van der Waals surface area contributed by atoms with Gasteiger partial charge in [-0.3, -0.25) is 4.79 Å². The van der Waals surface area contributed by atoms with Crippen LogP contribution in [0.15, 0.2) is 18.2 Å². The Morgan fingerprint density at radius 2 is 2.19 bits per heavy atom. The quantitative estimate of drug-likeness (QED) is 0.562. The fraction of sp³-hybridized carbons (Fsp3) is 0.462. The van der Waals surface area contributed by atoms with Crippen molar-refractivity contribution in [3.05, 3.63) is 29.3 Å². The van der Waals surface area contributed by atoms with E-state index in [0.29, 0.717) is 17.9 Å². The minimum atomic E-state index is 0.141. The monoisotopic (exact) mass is 240 g/mol. The molecule has 0 spiro atoms. The second-order valence-corrected chi connectivity index (χ2v) is 3.97. The Balaban J connectivity index is 2.92. The lowest BCUT2D eigenvalue weighted by Gasteiger charge is -2.09. The number of Topliss-reactive ketones (excluding diaryl/α,β-unsaturated/α-hetero) is 1. The minimum Gasteiger partial charge on any atom is -0.496 e. The van der Waals surface area contributed by atoms with E-state index in [9.17, 15) is 4.79 Å². The summed E-state index contributed by atoms with van der Waals surface area (Å²) in [6, 6.07) is 5.63. The molecule has 0 fully saturated rings. The van der Waals surface area contributed by atoms with Gasteiger partial charge in [0.25, 0.3) is 0 Å². The number of carbonyl (C=O) groups is 1. The molecule has 0 radical (unpaired) electrons. The van der Waals surface area contributed by atoms with Crippen LogP contribution in [-0.4, -0.2) is 18.8 Å². The van der Waals surface area contributed by atoms with Crippen LogP contribution in [0.25, 0.3) is 0 Å². The van der Waals surface area contributed by atoms with E-state index in [4.69, 9.17) is 16.3 Å². The van der Waals surface area contributed by atoms with E-state index in [0.717, 1.165) is 24.2 Å². The highest BCUT2D eigenvalue weighted by Gasteiger charge is 2.08. The SMILES string of the molecule is CCC(=O)c1ccc(CCCCl)c(OC)c1. The minimum absolute atomic E-state index is 0.141. The Kier molecular flexibility index (Phi) is 5.33. The first-order valence-electron chi connectivity index (χ1n) is 5.49. The van der Waals surface area contributed by atoms with E-state index < -0.39 is 0 Å².